The Labute approximate surface area is 209 Å². The fourth-order valence-electron chi connectivity index (χ4n) is 4.88. The summed E-state index contributed by atoms with van der Waals surface area (Å²) in [7, 11) is 2.02. The van der Waals surface area contributed by atoms with E-state index >= 15 is 0 Å². The monoisotopic (exact) mass is 471 g/mol. The van der Waals surface area contributed by atoms with Crippen molar-refractivity contribution in [3.8, 4) is 17.2 Å². The summed E-state index contributed by atoms with van der Waals surface area (Å²) < 4.78 is 17.7. The van der Waals surface area contributed by atoms with Gasteiger partial charge in [0.25, 0.3) is 0 Å². The van der Waals surface area contributed by atoms with Crippen molar-refractivity contribution in [1.82, 2.24) is 5.32 Å². The van der Waals surface area contributed by atoms with Gasteiger partial charge in [0.15, 0.2) is 11.5 Å². The Kier molecular flexibility index (Phi) is 8.49. The summed E-state index contributed by atoms with van der Waals surface area (Å²) in [4.78, 5) is 0. The third kappa shape index (κ3) is 5.71. The molecule has 4 rings (SSSR count). The molecule has 1 heterocycles. The molecule has 0 bridgehead atoms. The molecular formula is C31H37NO3. The Bertz CT molecular complexity index is 1120. The highest BCUT2D eigenvalue weighted by Crippen LogP contribution is 2.39. The van der Waals surface area contributed by atoms with Crippen molar-refractivity contribution < 1.29 is 14.2 Å². The molecule has 0 saturated carbocycles. The Morgan fingerprint density at radius 3 is 2.20 bits per heavy atom. The molecule has 2 atom stereocenters. The maximum Gasteiger partial charge on any atom is 0.231 e. The number of rotatable bonds is 11. The molecule has 35 heavy (non-hydrogen) atoms. The van der Waals surface area contributed by atoms with E-state index in [1.54, 1.807) is 0 Å². The third-order valence-corrected chi connectivity index (χ3v) is 6.70. The molecule has 2 unspecified atom stereocenters. The van der Waals surface area contributed by atoms with E-state index in [1.807, 2.05) is 13.1 Å². The molecule has 0 fully saturated rings. The molecule has 0 amide bonds. The lowest BCUT2D eigenvalue weighted by Gasteiger charge is -2.27. The highest BCUT2D eigenvalue weighted by Gasteiger charge is 2.21. The molecule has 4 nitrogen and oxygen atoms in total. The third-order valence-electron chi connectivity index (χ3n) is 6.70. The summed E-state index contributed by atoms with van der Waals surface area (Å²) in [6, 6.07) is 25.8. The lowest BCUT2D eigenvalue weighted by molar-refractivity contribution is 0.143. The predicted octanol–water partition coefficient (Wildman–Crippen LogP) is 7.33. The van der Waals surface area contributed by atoms with Crippen LogP contribution in [0.15, 0.2) is 72.8 Å². The number of hydrogen-bond acceptors (Lipinski definition) is 4. The minimum atomic E-state index is 0.157. The largest absolute Gasteiger partial charge is 0.489 e. The normalized spacial score (nSPS) is 14.9. The summed E-state index contributed by atoms with van der Waals surface area (Å²) >= 11 is 0. The van der Waals surface area contributed by atoms with Crippen molar-refractivity contribution in [3.63, 3.8) is 0 Å². The topological polar surface area (TPSA) is 39.7 Å². The van der Waals surface area contributed by atoms with Gasteiger partial charge in [0, 0.05) is 6.04 Å². The first-order valence-corrected chi connectivity index (χ1v) is 12.8. The number of ether oxygens (including phenoxy) is 3. The van der Waals surface area contributed by atoms with Crippen molar-refractivity contribution in [2.75, 3.05) is 13.8 Å². The van der Waals surface area contributed by atoms with Gasteiger partial charge in [0.2, 0.25) is 6.79 Å². The first-order chi connectivity index (χ1) is 17.2. The van der Waals surface area contributed by atoms with Crippen molar-refractivity contribution >= 4 is 11.1 Å². The molecule has 3 aromatic carbocycles. The van der Waals surface area contributed by atoms with Crippen molar-refractivity contribution in [3.05, 3.63) is 89.5 Å². The zero-order valence-electron chi connectivity index (χ0n) is 21.3. The van der Waals surface area contributed by atoms with Crippen LogP contribution in [0.2, 0.25) is 0 Å². The van der Waals surface area contributed by atoms with Gasteiger partial charge in [0.1, 0.15) is 11.9 Å². The van der Waals surface area contributed by atoms with Crippen LogP contribution in [-0.4, -0.2) is 26.0 Å². The molecule has 0 spiro atoms. The molecular weight excluding hydrogens is 434 g/mol. The van der Waals surface area contributed by atoms with Gasteiger partial charge in [-0.3, -0.25) is 0 Å². The molecule has 0 radical (unpaired) electrons. The zero-order chi connectivity index (χ0) is 24.6. The summed E-state index contributed by atoms with van der Waals surface area (Å²) in [5.41, 5.74) is 6.02. The molecule has 0 aromatic heterocycles. The quantitative estimate of drug-likeness (QED) is 0.297. The van der Waals surface area contributed by atoms with E-state index in [9.17, 15) is 0 Å². The van der Waals surface area contributed by atoms with Gasteiger partial charge >= 0.3 is 0 Å². The molecule has 1 N–H and O–H groups in total. The van der Waals surface area contributed by atoms with Crippen LogP contribution in [0, 0.1) is 0 Å². The highest BCUT2D eigenvalue weighted by atomic mass is 16.7. The summed E-state index contributed by atoms with van der Waals surface area (Å²) in [6.07, 6.45) is 4.21. The summed E-state index contributed by atoms with van der Waals surface area (Å²) in [5.74, 6) is 2.52. The van der Waals surface area contributed by atoms with Crippen LogP contribution >= 0.6 is 0 Å². The first kappa shape index (κ1) is 24.9. The molecule has 1 aliphatic rings. The number of benzene rings is 3. The average Bonchev–Trinajstić information content (AvgIpc) is 3.37. The average molecular weight is 472 g/mol. The number of hydrogen-bond donors (Lipinski definition) is 1. The van der Waals surface area contributed by atoms with Crippen molar-refractivity contribution in [2.24, 2.45) is 0 Å². The predicted molar refractivity (Wildman–Crippen MR) is 144 cm³/mol. The minimum Gasteiger partial charge on any atom is -0.489 e. The van der Waals surface area contributed by atoms with E-state index in [0.29, 0.717) is 6.04 Å². The van der Waals surface area contributed by atoms with Crippen LogP contribution < -0.4 is 19.5 Å². The van der Waals surface area contributed by atoms with Crippen molar-refractivity contribution in [2.45, 2.75) is 58.6 Å². The molecule has 1 aliphatic heterocycles. The Hall–Kier alpha value is -3.24. The minimum absolute atomic E-state index is 0.157. The van der Waals surface area contributed by atoms with Gasteiger partial charge in [-0.1, -0.05) is 75.7 Å². The second kappa shape index (κ2) is 11.9. The number of allylic oxidation sites excluding steroid dienone is 1. The van der Waals surface area contributed by atoms with Gasteiger partial charge in [-0.15, -0.1) is 0 Å². The van der Waals surface area contributed by atoms with Gasteiger partial charge in [-0.05, 0) is 78.4 Å². The lowest BCUT2D eigenvalue weighted by Crippen LogP contribution is -2.40. The number of fused-ring (bicyclic) bond motifs is 1. The molecule has 0 saturated heterocycles. The number of likely N-dealkylation sites (N-methyl/N-ethyl adjacent to an activating group) is 1. The standard InChI is InChI=1S/C31H37NO3/c1-5-11-28(27(7-3)32-4)35-25-17-14-23(15-18-25)31(22-12-9-8-10-13-22)26(6-2)24-16-19-29-30(20-24)34-21-33-29/h8-10,12-20,27-28,32H,5-7,11,21H2,1-4H3. The van der Waals surface area contributed by atoms with E-state index in [-0.39, 0.29) is 12.9 Å². The maximum atomic E-state index is 6.45. The zero-order valence-corrected chi connectivity index (χ0v) is 21.3. The lowest BCUT2D eigenvalue weighted by atomic mass is 9.88. The van der Waals surface area contributed by atoms with E-state index in [0.717, 1.165) is 48.5 Å². The van der Waals surface area contributed by atoms with Gasteiger partial charge in [-0.2, -0.15) is 0 Å². The van der Waals surface area contributed by atoms with Crippen LogP contribution in [0.4, 0.5) is 0 Å². The highest BCUT2D eigenvalue weighted by molar-refractivity contribution is 5.98. The Morgan fingerprint density at radius 1 is 0.857 bits per heavy atom. The fraction of sp³-hybridized carbons (Fsp3) is 0.355. The van der Waals surface area contributed by atoms with Crippen LogP contribution in [-0.2, 0) is 0 Å². The van der Waals surface area contributed by atoms with Crippen molar-refractivity contribution in [1.29, 1.82) is 0 Å². The summed E-state index contributed by atoms with van der Waals surface area (Å²) in [6.45, 7) is 6.90. The summed E-state index contributed by atoms with van der Waals surface area (Å²) in [5, 5.41) is 3.41. The SMILES string of the molecule is CCCC(Oc1ccc(C(=C(CC)c2ccc3c(c2)OCO3)c2ccccc2)cc1)C(CC)NC. The number of nitrogens with one attached hydrogen (secondary N) is 1. The Morgan fingerprint density at radius 2 is 1.54 bits per heavy atom. The van der Waals surface area contributed by atoms with Crippen LogP contribution in [0.25, 0.3) is 11.1 Å². The molecule has 4 heteroatoms. The van der Waals surface area contributed by atoms with E-state index in [4.69, 9.17) is 14.2 Å². The van der Waals surface area contributed by atoms with Gasteiger partial charge in [0.05, 0.1) is 0 Å². The van der Waals surface area contributed by atoms with Gasteiger partial charge < -0.3 is 19.5 Å². The van der Waals surface area contributed by atoms with E-state index in [1.165, 1.54) is 22.3 Å². The van der Waals surface area contributed by atoms with Gasteiger partial charge in [-0.25, -0.2) is 0 Å². The maximum absolute atomic E-state index is 6.45. The van der Waals surface area contributed by atoms with E-state index < -0.39 is 0 Å². The molecule has 3 aromatic rings. The molecule has 184 valence electrons. The van der Waals surface area contributed by atoms with Crippen LogP contribution in [0.3, 0.4) is 0 Å². The fourth-order valence-corrected chi connectivity index (χ4v) is 4.88. The van der Waals surface area contributed by atoms with E-state index in [2.05, 4.69) is 92.8 Å². The smallest absolute Gasteiger partial charge is 0.231 e. The second-order valence-electron chi connectivity index (χ2n) is 8.91. The van der Waals surface area contributed by atoms with Crippen LogP contribution in [0.1, 0.15) is 63.1 Å². The second-order valence-corrected chi connectivity index (χ2v) is 8.91. The van der Waals surface area contributed by atoms with Crippen LogP contribution in [0.5, 0.6) is 17.2 Å². The Balaban J connectivity index is 1.72. The molecule has 0 aliphatic carbocycles. The first-order valence-electron chi connectivity index (χ1n) is 12.8.